The van der Waals surface area contributed by atoms with Gasteiger partial charge in [-0.1, -0.05) is 6.07 Å². The number of ether oxygens (including phenoxy) is 1. The first-order valence-electron chi connectivity index (χ1n) is 5.94. The van der Waals surface area contributed by atoms with Crippen LogP contribution in [0.25, 0.3) is 5.65 Å². The number of nitrogens with zero attached hydrogens (tertiary/aromatic N) is 3. The minimum atomic E-state index is -0.401. The summed E-state index contributed by atoms with van der Waals surface area (Å²) < 4.78 is 6.29. The first-order valence-corrected chi connectivity index (χ1v) is 5.94. The first-order chi connectivity index (χ1) is 8.79. The Morgan fingerprint density at radius 2 is 2.44 bits per heavy atom. The van der Waals surface area contributed by atoms with E-state index in [-0.39, 0.29) is 0 Å². The van der Waals surface area contributed by atoms with Crippen molar-refractivity contribution in [1.29, 1.82) is 0 Å². The average Bonchev–Trinajstić information content (AvgIpc) is 3.04. The highest BCUT2D eigenvalue weighted by molar-refractivity contribution is 5.88. The number of nitrogens with one attached hydrogen (secondary N) is 1. The van der Waals surface area contributed by atoms with Crippen LogP contribution in [0.15, 0.2) is 18.2 Å². The molecule has 2 aromatic heterocycles. The third kappa shape index (κ3) is 1.74. The zero-order valence-corrected chi connectivity index (χ0v) is 10.1. The predicted octanol–water partition coefficient (Wildman–Crippen LogP) is 0.593. The van der Waals surface area contributed by atoms with Crippen LogP contribution in [0.2, 0.25) is 0 Å². The van der Waals surface area contributed by atoms with Crippen LogP contribution in [-0.4, -0.2) is 40.8 Å². The smallest absolute Gasteiger partial charge is 0.356 e. The summed E-state index contributed by atoms with van der Waals surface area (Å²) >= 11 is 0. The van der Waals surface area contributed by atoms with Crippen molar-refractivity contribution in [3.63, 3.8) is 0 Å². The van der Waals surface area contributed by atoms with Gasteiger partial charge in [0.25, 0.3) is 0 Å². The molecule has 1 saturated heterocycles. The number of carbonyl (C=O) groups is 1. The molecule has 0 radical (unpaired) electrons. The Kier molecular flexibility index (Phi) is 2.71. The third-order valence-electron chi connectivity index (χ3n) is 3.20. The van der Waals surface area contributed by atoms with Gasteiger partial charge in [-0.2, -0.15) is 5.10 Å². The van der Waals surface area contributed by atoms with Gasteiger partial charge in [-0.05, 0) is 25.1 Å². The van der Waals surface area contributed by atoms with Gasteiger partial charge in [0.15, 0.2) is 17.2 Å². The molecule has 2 aromatic rings. The Balaban J connectivity index is 2.08. The second-order valence-corrected chi connectivity index (χ2v) is 4.33. The molecule has 0 bridgehead atoms. The zero-order valence-electron chi connectivity index (χ0n) is 10.1. The molecule has 0 aliphatic carbocycles. The molecule has 0 saturated carbocycles. The molecule has 1 N–H and O–H groups in total. The summed E-state index contributed by atoms with van der Waals surface area (Å²) in [4.78, 5) is 16.1. The highest BCUT2D eigenvalue weighted by Gasteiger charge is 2.22. The third-order valence-corrected chi connectivity index (χ3v) is 3.20. The van der Waals surface area contributed by atoms with Gasteiger partial charge in [-0.25, -0.2) is 14.3 Å². The number of aromatic nitrogens is 3. The Morgan fingerprint density at radius 1 is 1.56 bits per heavy atom. The molecule has 0 aromatic carbocycles. The summed E-state index contributed by atoms with van der Waals surface area (Å²) in [5, 5.41) is 7.71. The normalized spacial score (nSPS) is 19.3. The lowest BCUT2D eigenvalue weighted by Gasteiger charge is -2.01. The van der Waals surface area contributed by atoms with Gasteiger partial charge < -0.3 is 10.1 Å². The van der Waals surface area contributed by atoms with Crippen molar-refractivity contribution >= 4 is 11.6 Å². The van der Waals surface area contributed by atoms with E-state index in [9.17, 15) is 4.79 Å². The van der Waals surface area contributed by atoms with Crippen LogP contribution >= 0.6 is 0 Å². The lowest BCUT2D eigenvalue weighted by molar-refractivity contribution is 0.0591. The molecule has 1 aliphatic rings. The van der Waals surface area contributed by atoms with Crippen molar-refractivity contribution in [2.24, 2.45) is 0 Å². The summed E-state index contributed by atoms with van der Waals surface area (Å²) in [6.45, 7) is 1.88. The average molecular weight is 246 g/mol. The summed E-state index contributed by atoms with van der Waals surface area (Å²) in [7, 11) is 1.36. The molecule has 94 valence electrons. The van der Waals surface area contributed by atoms with E-state index in [2.05, 4.69) is 15.4 Å². The molecular weight excluding hydrogens is 232 g/mol. The maximum absolute atomic E-state index is 11.6. The number of carbonyl (C=O) groups excluding carboxylic acids is 1. The maximum atomic E-state index is 11.6. The largest absolute Gasteiger partial charge is 0.464 e. The molecule has 1 atom stereocenters. The molecule has 3 rings (SSSR count). The quantitative estimate of drug-likeness (QED) is 0.785. The zero-order chi connectivity index (χ0) is 12.5. The van der Waals surface area contributed by atoms with E-state index in [1.807, 2.05) is 6.07 Å². The van der Waals surface area contributed by atoms with Gasteiger partial charge >= 0.3 is 5.97 Å². The molecule has 1 fully saturated rings. The standard InChI is InChI=1S/C12H14N4O2/c1-18-12(17)9-3-2-4-10-14-11(15-16(9)10)8-5-6-13-7-8/h2-4,8,13H,5-7H2,1H3. The van der Waals surface area contributed by atoms with Crippen LogP contribution < -0.4 is 5.32 Å². The van der Waals surface area contributed by atoms with Gasteiger partial charge in [-0.3, -0.25) is 0 Å². The van der Waals surface area contributed by atoms with Crippen LogP contribution in [0.3, 0.4) is 0 Å². The highest BCUT2D eigenvalue weighted by atomic mass is 16.5. The molecule has 0 amide bonds. The van der Waals surface area contributed by atoms with E-state index >= 15 is 0 Å². The SMILES string of the molecule is COC(=O)c1cccc2nc(C3CCNC3)nn12. The van der Waals surface area contributed by atoms with Crippen LogP contribution in [-0.2, 0) is 4.74 Å². The second kappa shape index (κ2) is 4.38. The molecule has 0 spiro atoms. The van der Waals surface area contributed by atoms with Crippen molar-refractivity contribution in [1.82, 2.24) is 19.9 Å². The molecular formula is C12H14N4O2. The minimum Gasteiger partial charge on any atom is -0.464 e. The van der Waals surface area contributed by atoms with Crippen molar-refractivity contribution < 1.29 is 9.53 Å². The van der Waals surface area contributed by atoms with E-state index in [4.69, 9.17) is 4.74 Å². The van der Waals surface area contributed by atoms with E-state index in [1.165, 1.54) is 7.11 Å². The van der Waals surface area contributed by atoms with Crippen molar-refractivity contribution in [2.75, 3.05) is 20.2 Å². The van der Waals surface area contributed by atoms with Crippen molar-refractivity contribution in [3.05, 3.63) is 29.7 Å². The fraction of sp³-hybridized carbons (Fsp3) is 0.417. The van der Waals surface area contributed by atoms with Crippen LogP contribution in [0.4, 0.5) is 0 Å². The number of esters is 1. The number of hydrogen-bond donors (Lipinski definition) is 1. The van der Waals surface area contributed by atoms with Crippen LogP contribution in [0.1, 0.15) is 28.7 Å². The fourth-order valence-electron chi connectivity index (χ4n) is 2.23. The summed E-state index contributed by atoms with van der Waals surface area (Å²) in [5.74, 6) is 0.716. The number of methoxy groups -OCH3 is 1. The van der Waals surface area contributed by atoms with Gasteiger partial charge in [0.2, 0.25) is 0 Å². The Hall–Kier alpha value is -1.95. The second-order valence-electron chi connectivity index (χ2n) is 4.33. The minimum absolute atomic E-state index is 0.329. The van der Waals surface area contributed by atoms with Crippen molar-refractivity contribution in [2.45, 2.75) is 12.3 Å². The monoisotopic (exact) mass is 246 g/mol. The Bertz CT molecular complexity index is 587. The maximum Gasteiger partial charge on any atom is 0.356 e. The van der Waals surface area contributed by atoms with E-state index in [1.54, 1.807) is 16.6 Å². The van der Waals surface area contributed by atoms with Gasteiger partial charge in [0.1, 0.15) is 0 Å². The van der Waals surface area contributed by atoms with E-state index < -0.39 is 5.97 Å². The predicted molar refractivity (Wildman–Crippen MR) is 64.6 cm³/mol. The number of rotatable bonds is 2. The Labute approximate surface area is 104 Å². The van der Waals surface area contributed by atoms with E-state index in [0.717, 1.165) is 25.3 Å². The summed E-state index contributed by atoms with van der Waals surface area (Å²) in [5.41, 5.74) is 1.08. The van der Waals surface area contributed by atoms with Gasteiger partial charge in [-0.15, -0.1) is 0 Å². The molecule has 18 heavy (non-hydrogen) atoms. The van der Waals surface area contributed by atoms with Gasteiger partial charge in [0, 0.05) is 12.5 Å². The molecule has 6 heteroatoms. The topological polar surface area (TPSA) is 68.5 Å². The molecule has 6 nitrogen and oxygen atoms in total. The van der Waals surface area contributed by atoms with Crippen LogP contribution in [0, 0.1) is 0 Å². The molecule has 1 unspecified atom stereocenters. The number of pyridine rings is 1. The fourth-order valence-corrected chi connectivity index (χ4v) is 2.23. The number of hydrogen-bond acceptors (Lipinski definition) is 5. The first kappa shape index (κ1) is 11.2. The van der Waals surface area contributed by atoms with E-state index in [0.29, 0.717) is 17.3 Å². The Morgan fingerprint density at radius 3 is 3.17 bits per heavy atom. The highest BCUT2D eigenvalue weighted by Crippen LogP contribution is 2.20. The van der Waals surface area contributed by atoms with Gasteiger partial charge in [0.05, 0.1) is 7.11 Å². The molecule has 1 aliphatic heterocycles. The lowest BCUT2D eigenvalue weighted by atomic mass is 10.1. The summed E-state index contributed by atoms with van der Waals surface area (Å²) in [6, 6.07) is 5.31. The van der Waals surface area contributed by atoms with Crippen LogP contribution in [0.5, 0.6) is 0 Å². The molecule has 3 heterocycles. The van der Waals surface area contributed by atoms with Crippen molar-refractivity contribution in [3.8, 4) is 0 Å². The lowest BCUT2D eigenvalue weighted by Crippen LogP contribution is -2.10. The number of fused-ring (bicyclic) bond motifs is 1. The summed E-state index contributed by atoms with van der Waals surface area (Å²) in [6.07, 6.45) is 1.03.